The third kappa shape index (κ3) is 5.19. The summed E-state index contributed by atoms with van der Waals surface area (Å²) >= 11 is 0. The highest BCUT2D eigenvalue weighted by Crippen LogP contribution is 2.09. The first-order valence-corrected chi connectivity index (χ1v) is 4.06. The van der Waals surface area contributed by atoms with Gasteiger partial charge in [-0.2, -0.15) is 0 Å². The Hall–Kier alpha value is -1.10. The van der Waals surface area contributed by atoms with Gasteiger partial charge in [0.1, 0.15) is 0 Å². The van der Waals surface area contributed by atoms with Crippen LogP contribution in [0.25, 0.3) is 0 Å². The van der Waals surface area contributed by atoms with E-state index in [9.17, 15) is 9.59 Å². The zero-order chi connectivity index (χ0) is 10.3. The van der Waals surface area contributed by atoms with E-state index in [-0.39, 0.29) is 6.42 Å². The van der Waals surface area contributed by atoms with E-state index in [4.69, 9.17) is 5.11 Å². The highest BCUT2D eigenvalue weighted by Gasteiger charge is 2.21. The molecule has 0 aliphatic rings. The molecule has 0 radical (unpaired) electrons. The fourth-order valence-electron chi connectivity index (χ4n) is 0.999. The van der Waals surface area contributed by atoms with Crippen LogP contribution >= 0.6 is 0 Å². The largest absolute Gasteiger partial charge is 0.481 e. The van der Waals surface area contributed by atoms with E-state index >= 15 is 0 Å². The maximum absolute atomic E-state index is 11.0. The molecule has 0 aromatic rings. The number of ether oxygens (including phenoxy) is 1. The SMILES string of the molecule is CNCCC(CC(=O)O)C(=O)OC. The van der Waals surface area contributed by atoms with Crippen molar-refractivity contribution in [1.29, 1.82) is 0 Å². The van der Waals surface area contributed by atoms with Crippen LogP contribution in [0.5, 0.6) is 0 Å². The summed E-state index contributed by atoms with van der Waals surface area (Å²) in [4.78, 5) is 21.4. The molecular weight excluding hydrogens is 174 g/mol. The van der Waals surface area contributed by atoms with Gasteiger partial charge in [-0.15, -0.1) is 0 Å². The van der Waals surface area contributed by atoms with E-state index in [1.165, 1.54) is 7.11 Å². The Morgan fingerprint density at radius 3 is 2.54 bits per heavy atom. The van der Waals surface area contributed by atoms with Crippen LogP contribution in [0.3, 0.4) is 0 Å². The highest BCUT2D eigenvalue weighted by atomic mass is 16.5. The maximum Gasteiger partial charge on any atom is 0.309 e. The van der Waals surface area contributed by atoms with Crippen molar-refractivity contribution in [2.75, 3.05) is 20.7 Å². The lowest BCUT2D eigenvalue weighted by Crippen LogP contribution is -2.23. The summed E-state index contributed by atoms with van der Waals surface area (Å²) in [6, 6.07) is 0. The number of hydrogen-bond donors (Lipinski definition) is 2. The minimum absolute atomic E-state index is 0.172. The summed E-state index contributed by atoms with van der Waals surface area (Å²) in [5.41, 5.74) is 0. The molecule has 0 aliphatic carbocycles. The summed E-state index contributed by atoms with van der Waals surface area (Å²) in [7, 11) is 3.01. The third-order valence-corrected chi connectivity index (χ3v) is 1.70. The molecule has 0 amide bonds. The van der Waals surface area contributed by atoms with E-state index in [1.807, 2.05) is 0 Å². The molecule has 13 heavy (non-hydrogen) atoms. The van der Waals surface area contributed by atoms with Crippen molar-refractivity contribution in [2.24, 2.45) is 5.92 Å². The van der Waals surface area contributed by atoms with Gasteiger partial charge >= 0.3 is 11.9 Å². The summed E-state index contributed by atoms with van der Waals surface area (Å²) in [6.45, 7) is 0.604. The number of aliphatic carboxylic acids is 1. The van der Waals surface area contributed by atoms with Crippen molar-refractivity contribution < 1.29 is 19.4 Å². The minimum Gasteiger partial charge on any atom is -0.481 e. The molecule has 0 aromatic carbocycles. The summed E-state index contributed by atoms with van der Waals surface area (Å²) in [6.07, 6.45) is 0.309. The predicted octanol–water partition coefficient (Wildman–Crippen LogP) is -0.140. The van der Waals surface area contributed by atoms with Crippen molar-refractivity contribution in [1.82, 2.24) is 5.32 Å². The second-order valence-corrected chi connectivity index (χ2v) is 2.71. The number of carboxylic acids is 1. The Morgan fingerprint density at radius 1 is 1.54 bits per heavy atom. The van der Waals surface area contributed by atoms with Crippen molar-refractivity contribution in [2.45, 2.75) is 12.8 Å². The van der Waals surface area contributed by atoms with Crippen molar-refractivity contribution in [3.63, 3.8) is 0 Å². The van der Waals surface area contributed by atoms with Gasteiger partial charge in [0.05, 0.1) is 19.4 Å². The first kappa shape index (κ1) is 11.9. The molecule has 5 nitrogen and oxygen atoms in total. The number of nitrogens with one attached hydrogen (secondary N) is 1. The molecule has 2 N–H and O–H groups in total. The summed E-state index contributed by atoms with van der Waals surface area (Å²) in [5, 5.41) is 11.3. The molecule has 0 rings (SSSR count). The number of hydrogen-bond acceptors (Lipinski definition) is 4. The zero-order valence-electron chi connectivity index (χ0n) is 7.87. The van der Waals surface area contributed by atoms with Gasteiger partial charge in [-0.1, -0.05) is 0 Å². The van der Waals surface area contributed by atoms with E-state index in [1.54, 1.807) is 7.05 Å². The average molecular weight is 189 g/mol. The Kier molecular flexibility index (Phi) is 5.88. The molecule has 0 bridgehead atoms. The molecule has 1 unspecified atom stereocenters. The smallest absolute Gasteiger partial charge is 0.309 e. The van der Waals surface area contributed by atoms with E-state index in [2.05, 4.69) is 10.1 Å². The van der Waals surface area contributed by atoms with Gasteiger partial charge in [0, 0.05) is 0 Å². The second kappa shape index (κ2) is 6.42. The second-order valence-electron chi connectivity index (χ2n) is 2.71. The Balaban J connectivity index is 4.02. The van der Waals surface area contributed by atoms with Gasteiger partial charge in [0.15, 0.2) is 0 Å². The molecule has 0 heterocycles. The predicted molar refractivity (Wildman–Crippen MR) is 46.3 cm³/mol. The minimum atomic E-state index is -0.980. The number of esters is 1. The molecule has 0 aliphatic heterocycles. The van der Waals surface area contributed by atoms with E-state index in [0.29, 0.717) is 13.0 Å². The maximum atomic E-state index is 11.0. The van der Waals surface area contributed by atoms with Crippen LogP contribution in [-0.4, -0.2) is 37.7 Å². The van der Waals surface area contributed by atoms with Crippen molar-refractivity contribution in [3.05, 3.63) is 0 Å². The van der Waals surface area contributed by atoms with Crippen LogP contribution in [0.1, 0.15) is 12.8 Å². The Bertz CT molecular complexity index is 181. The fourth-order valence-corrected chi connectivity index (χ4v) is 0.999. The monoisotopic (exact) mass is 189 g/mol. The van der Waals surface area contributed by atoms with E-state index < -0.39 is 17.9 Å². The van der Waals surface area contributed by atoms with Gasteiger partial charge < -0.3 is 15.2 Å². The van der Waals surface area contributed by atoms with Gasteiger partial charge in [0.25, 0.3) is 0 Å². The normalized spacial score (nSPS) is 12.2. The quantitative estimate of drug-likeness (QED) is 0.569. The van der Waals surface area contributed by atoms with Crippen molar-refractivity contribution in [3.8, 4) is 0 Å². The molecule has 0 saturated heterocycles. The van der Waals surface area contributed by atoms with Crippen LogP contribution in [0.15, 0.2) is 0 Å². The molecular formula is C8H15NO4. The van der Waals surface area contributed by atoms with Crippen LogP contribution in [0.2, 0.25) is 0 Å². The number of carbonyl (C=O) groups excluding carboxylic acids is 1. The topological polar surface area (TPSA) is 75.6 Å². The number of methoxy groups -OCH3 is 1. The first-order chi connectivity index (χ1) is 6.11. The van der Waals surface area contributed by atoms with Crippen LogP contribution in [0.4, 0.5) is 0 Å². The Morgan fingerprint density at radius 2 is 2.15 bits per heavy atom. The molecule has 0 aromatic heterocycles. The first-order valence-electron chi connectivity index (χ1n) is 4.06. The lowest BCUT2D eigenvalue weighted by Gasteiger charge is -2.11. The number of carboxylic acid groups (broad SMARTS) is 1. The molecule has 5 heteroatoms. The number of rotatable bonds is 6. The lowest BCUT2D eigenvalue weighted by molar-refractivity contribution is -0.150. The van der Waals surface area contributed by atoms with Gasteiger partial charge in [-0.3, -0.25) is 9.59 Å². The third-order valence-electron chi connectivity index (χ3n) is 1.70. The van der Waals surface area contributed by atoms with Gasteiger partial charge in [0.2, 0.25) is 0 Å². The zero-order valence-corrected chi connectivity index (χ0v) is 7.87. The molecule has 0 fully saturated rings. The molecule has 0 spiro atoms. The van der Waals surface area contributed by atoms with E-state index in [0.717, 1.165) is 0 Å². The summed E-state index contributed by atoms with van der Waals surface area (Å²) < 4.78 is 4.48. The Labute approximate surface area is 77.1 Å². The van der Waals surface area contributed by atoms with Crippen LogP contribution < -0.4 is 5.32 Å². The molecule has 0 saturated carbocycles. The standard InChI is InChI=1S/C8H15NO4/c1-9-4-3-6(5-7(10)11)8(12)13-2/h6,9H,3-5H2,1-2H3,(H,10,11). The fraction of sp³-hybridized carbons (Fsp3) is 0.750. The van der Waals surface area contributed by atoms with Crippen LogP contribution in [0, 0.1) is 5.92 Å². The molecule has 1 atom stereocenters. The summed E-state index contributed by atoms with van der Waals surface area (Å²) in [5.74, 6) is -1.99. The lowest BCUT2D eigenvalue weighted by atomic mass is 10.0. The van der Waals surface area contributed by atoms with Gasteiger partial charge in [-0.25, -0.2) is 0 Å². The van der Waals surface area contributed by atoms with Crippen molar-refractivity contribution >= 4 is 11.9 Å². The van der Waals surface area contributed by atoms with Crippen LogP contribution in [-0.2, 0) is 14.3 Å². The highest BCUT2D eigenvalue weighted by molar-refractivity contribution is 5.78. The number of carbonyl (C=O) groups is 2. The average Bonchev–Trinajstić information content (AvgIpc) is 2.10. The molecule has 76 valence electrons. The van der Waals surface area contributed by atoms with Gasteiger partial charge in [-0.05, 0) is 20.0 Å².